The Morgan fingerprint density at radius 2 is 0.479 bits per heavy atom. The van der Waals surface area contributed by atoms with E-state index >= 15 is 0 Å². The largest absolute Gasteiger partial charge is 0.208 e. The Balaban J connectivity index is 1.45. The maximum atomic E-state index is 5.07. The van der Waals surface area contributed by atoms with E-state index in [1.54, 1.807) is 0 Å². The summed E-state index contributed by atoms with van der Waals surface area (Å²) >= 11 is 0. The predicted molar refractivity (Wildman–Crippen MR) is 201 cm³/mol. The first-order chi connectivity index (χ1) is 23.8. The Bertz CT molecular complexity index is 2590. The van der Waals surface area contributed by atoms with Gasteiger partial charge in [0, 0.05) is 16.7 Å². The standard InChI is InChI=1S/C45H29N3/c1-3-15-30(16-4-1)43-46-44(31-17-5-2-6-18-31)48-45(47-43)32-27-28-41-39-25-12-11-23-37(39)35-21-8-7-19-33(35)34-20-9-10-22-36(34)38-24-13-14-26-40(38)42(41)29-32/h1-29H. The van der Waals surface area contributed by atoms with Crippen LogP contribution >= 0.6 is 0 Å². The molecule has 1 aromatic heterocycles. The van der Waals surface area contributed by atoms with Crippen LogP contribution in [-0.4, -0.2) is 15.0 Å². The fraction of sp³-hybridized carbons (Fsp3) is 0. The van der Waals surface area contributed by atoms with Crippen molar-refractivity contribution in [2.45, 2.75) is 0 Å². The molecular formula is C45H29N3. The average molecular weight is 612 g/mol. The minimum Gasteiger partial charge on any atom is -0.208 e. The molecule has 0 N–H and O–H groups in total. The van der Waals surface area contributed by atoms with Crippen LogP contribution in [0.2, 0.25) is 0 Å². The van der Waals surface area contributed by atoms with E-state index in [1.165, 1.54) is 37.7 Å². The van der Waals surface area contributed by atoms with Gasteiger partial charge in [0.15, 0.2) is 17.5 Å². The average Bonchev–Trinajstić information content (AvgIpc) is 3.18. The monoisotopic (exact) mass is 611 g/mol. The summed E-state index contributed by atoms with van der Waals surface area (Å²) < 4.78 is 0. The van der Waals surface area contributed by atoms with Crippen LogP contribution in [0.5, 0.6) is 0 Å². The van der Waals surface area contributed by atoms with Crippen molar-refractivity contribution in [2.75, 3.05) is 0 Å². The molecule has 0 saturated carbocycles. The molecule has 224 valence electrons. The molecule has 1 heterocycles. The molecule has 0 spiro atoms. The van der Waals surface area contributed by atoms with Gasteiger partial charge in [-0.1, -0.05) is 170 Å². The lowest BCUT2D eigenvalue weighted by atomic mass is 9.94. The lowest BCUT2D eigenvalue weighted by molar-refractivity contribution is 1.07. The van der Waals surface area contributed by atoms with Crippen molar-refractivity contribution in [2.24, 2.45) is 0 Å². The molecule has 0 aliphatic carbocycles. The summed E-state index contributed by atoms with van der Waals surface area (Å²) in [7, 11) is 0. The van der Waals surface area contributed by atoms with Gasteiger partial charge in [0.1, 0.15) is 0 Å². The third-order valence-corrected chi connectivity index (χ3v) is 9.14. The maximum absolute atomic E-state index is 5.07. The molecule has 0 fully saturated rings. The van der Waals surface area contributed by atoms with Crippen LogP contribution in [-0.2, 0) is 0 Å². The molecular weight excluding hydrogens is 583 g/mol. The molecule has 0 atom stereocenters. The number of aromatic nitrogens is 3. The number of hydrogen-bond donors (Lipinski definition) is 0. The van der Waals surface area contributed by atoms with Gasteiger partial charge in [-0.15, -0.1) is 0 Å². The van der Waals surface area contributed by atoms with Crippen molar-refractivity contribution in [1.82, 2.24) is 15.0 Å². The van der Waals surface area contributed by atoms with Crippen LogP contribution in [0, 0.1) is 0 Å². The molecule has 48 heavy (non-hydrogen) atoms. The zero-order chi connectivity index (χ0) is 31.9. The second-order valence-corrected chi connectivity index (χ2v) is 12.0. The lowest BCUT2D eigenvalue weighted by Crippen LogP contribution is -2.00. The van der Waals surface area contributed by atoms with Gasteiger partial charge < -0.3 is 0 Å². The van der Waals surface area contributed by atoms with Crippen molar-refractivity contribution >= 4 is 53.9 Å². The first kappa shape index (κ1) is 27.8. The van der Waals surface area contributed by atoms with Gasteiger partial charge in [0.25, 0.3) is 0 Å². The van der Waals surface area contributed by atoms with E-state index in [1.807, 2.05) is 60.7 Å². The molecule has 0 saturated heterocycles. The van der Waals surface area contributed by atoms with Crippen LogP contribution < -0.4 is 0 Å². The van der Waals surface area contributed by atoms with E-state index in [4.69, 9.17) is 15.0 Å². The number of rotatable bonds is 3. The van der Waals surface area contributed by atoms with E-state index in [9.17, 15) is 0 Å². The summed E-state index contributed by atoms with van der Waals surface area (Å²) in [5.41, 5.74) is 2.84. The molecule has 3 nitrogen and oxygen atoms in total. The Morgan fingerprint density at radius 3 is 0.833 bits per heavy atom. The van der Waals surface area contributed by atoms with Crippen molar-refractivity contribution in [3.8, 4) is 34.2 Å². The summed E-state index contributed by atoms with van der Waals surface area (Å²) in [6.45, 7) is 0. The highest BCUT2D eigenvalue weighted by molar-refractivity contribution is 6.26. The molecule has 0 aliphatic rings. The SMILES string of the molecule is c1ccc(-c2nc(-c3ccccc3)nc(-c3ccc4c5ccccc5c5ccccc5c5ccccc5c5ccccc5c4c3)n2)cc1. The molecule has 3 heteroatoms. The molecule has 9 rings (SSSR count). The van der Waals surface area contributed by atoms with Gasteiger partial charge >= 0.3 is 0 Å². The van der Waals surface area contributed by atoms with E-state index in [0.717, 1.165) is 32.8 Å². The smallest absolute Gasteiger partial charge is 0.164 e. The summed E-state index contributed by atoms with van der Waals surface area (Å²) in [5.74, 6) is 1.94. The fourth-order valence-electron chi connectivity index (χ4n) is 6.89. The van der Waals surface area contributed by atoms with Gasteiger partial charge in [-0.05, 0) is 59.9 Å². The number of fused-ring (bicyclic) bond motifs is 10. The van der Waals surface area contributed by atoms with Crippen molar-refractivity contribution < 1.29 is 0 Å². The van der Waals surface area contributed by atoms with Gasteiger partial charge in [0.05, 0.1) is 0 Å². The van der Waals surface area contributed by atoms with Crippen molar-refractivity contribution in [1.29, 1.82) is 0 Å². The Morgan fingerprint density at radius 1 is 0.208 bits per heavy atom. The maximum Gasteiger partial charge on any atom is 0.164 e. The third-order valence-electron chi connectivity index (χ3n) is 9.14. The first-order valence-corrected chi connectivity index (χ1v) is 16.2. The molecule has 8 aromatic carbocycles. The zero-order valence-corrected chi connectivity index (χ0v) is 26.1. The fourth-order valence-corrected chi connectivity index (χ4v) is 6.89. The van der Waals surface area contributed by atoms with Gasteiger partial charge in [-0.3, -0.25) is 0 Å². The number of nitrogens with zero attached hydrogens (tertiary/aromatic N) is 3. The quantitative estimate of drug-likeness (QED) is 0.199. The molecule has 0 radical (unpaired) electrons. The summed E-state index contributed by atoms with van der Waals surface area (Å²) in [6.07, 6.45) is 0. The first-order valence-electron chi connectivity index (χ1n) is 16.2. The van der Waals surface area contributed by atoms with Crippen LogP contribution in [0.3, 0.4) is 0 Å². The van der Waals surface area contributed by atoms with Crippen molar-refractivity contribution in [3.63, 3.8) is 0 Å². The Kier molecular flexibility index (Phi) is 6.80. The number of hydrogen-bond acceptors (Lipinski definition) is 3. The van der Waals surface area contributed by atoms with Gasteiger partial charge in [-0.2, -0.15) is 0 Å². The molecule has 0 amide bonds. The van der Waals surface area contributed by atoms with Crippen LogP contribution in [0.25, 0.3) is 88.0 Å². The molecule has 9 aromatic rings. The van der Waals surface area contributed by atoms with Gasteiger partial charge in [0.2, 0.25) is 0 Å². The third kappa shape index (κ3) is 4.81. The highest BCUT2D eigenvalue weighted by atomic mass is 15.0. The normalized spacial score (nSPS) is 11.3. The molecule has 0 bridgehead atoms. The van der Waals surface area contributed by atoms with E-state index < -0.39 is 0 Å². The Labute approximate surface area is 278 Å². The second-order valence-electron chi connectivity index (χ2n) is 12.0. The topological polar surface area (TPSA) is 38.7 Å². The summed E-state index contributed by atoms with van der Waals surface area (Å²) in [5, 5.41) is 11.9. The highest BCUT2D eigenvalue weighted by Gasteiger charge is 2.14. The summed E-state index contributed by atoms with van der Waals surface area (Å²) in [6, 6.07) is 61.9. The van der Waals surface area contributed by atoms with Crippen LogP contribution in [0.15, 0.2) is 176 Å². The van der Waals surface area contributed by atoms with Crippen molar-refractivity contribution in [3.05, 3.63) is 176 Å². The lowest BCUT2D eigenvalue weighted by Gasteiger charge is -2.12. The minimum absolute atomic E-state index is 0.638. The van der Waals surface area contributed by atoms with E-state index in [0.29, 0.717) is 17.5 Å². The number of benzene rings is 7. The van der Waals surface area contributed by atoms with Crippen LogP contribution in [0.1, 0.15) is 0 Å². The molecule has 0 unspecified atom stereocenters. The highest BCUT2D eigenvalue weighted by Crippen LogP contribution is 2.37. The molecule has 0 aliphatic heterocycles. The van der Waals surface area contributed by atoms with Crippen LogP contribution in [0.4, 0.5) is 0 Å². The summed E-state index contributed by atoms with van der Waals surface area (Å²) in [4.78, 5) is 15.1. The second kappa shape index (κ2) is 11.7. The zero-order valence-electron chi connectivity index (χ0n) is 26.1. The predicted octanol–water partition coefficient (Wildman–Crippen LogP) is 11.8. The van der Waals surface area contributed by atoms with Gasteiger partial charge in [-0.25, -0.2) is 15.0 Å². The van der Waals surface area contributed by atoms with E-state index in [-0.39, 0.29) is 0 Å². The minimum atomic E-state index is 0.638. The van der Waals surface area contributed by atoms with E-state index in [2.05, 4.69) is 115 Å². The Hall–Kier alpha value is -6.45.